The van der Waals surface area contributed by atoms with Crippen molar-refractivity contribution in [1.82, 2.24) is 15.0 Å². The molecule has 148 valence electrons. The van der Waals surface area contributed by atoms with Gasteiger partial charge in [-0.1, -0.05) is 12.1 Å². The molecule has 0 bridgehead atoms. The van der Waals surface area contributed by atoms with Gasteiger partial charge < -0.3 is 20.5 Å². The minimum absolute atomic E-state index is 0.0321. The second-order valence-corrected chi connectivity index (χ2v) is 5.64. The van der Waals surface area contributed by atoms with Crippen molar-refractivity contribution in [3.8, 4) is 11.5 Å². The molecule has 0 spiro atoms. The Morgan fingerprint density at radius 3 is 2.69 bits per heavy atom. The van der Waals surface area contributed by atoms with Crippen molar-refractivity contribution in [2.75, 3.05) is 18.2 Å². The fourth-order valence-corrected chi connectivity index (χ4v) is 2.44. The fourth-order valence-electron chi connectivity index (χ4n) is 2.44. The molecule has 1 aromatic heterocycles. The van der Waals surface area contributed by atoms with Gasteiger partial charge in [-0.25, -0.2) is 0 Å². The quantitative estimate of drug-likeness (QED) is 0.329. The largest absolute Gasteiger partial charge is 0.495 e. The number of nitrogens with one attached hydrogen (secondary N) is 1. The van der Waals surface area contributed by atoms with E-state index in [-0.39, 0.29) is 41.3 Å². The number of benzene rings is 2. The number of carbonyl (C=O) groups excluding carboxylic acids is 1. The monoisotopic (exact) mass is 396 g/mol. The summed E-state index contributed by atoms with van der Waals surface area (Å²) in [5.41, 5.74) is 6.19. The Kier molecular flexibility index (Phi) is 5.78. The number of nitrogens with two attached hydrogens (primary N) is 1. The van der Waals surface area contributed by atoms with Crippen molar-refractivity contribution in [1.29, 1.82) is 0 Å². The van der Waals surface area contributed by atoms with Gasteiger partial charge in [0.1, 0.15) is 18.1 Å². The molecule has 3 N–H and O–H groups in total. The Hall–Kier alpha value is -4.28. The van der Waals surface area contributed by atoms with Crippen LogP contribution in [0.25, 0.3) is 0 Å². The van der Waals surface area contributed by atoms with Crippen molar-refractivity contribution >= 4 is 29.6 Å². The molecule has 0 unspecified atom stereocenters. The first kappa shape index (κ1) is 19.5. The molecule has 0 amide bonds. The van der Waals surface area contributed by atoms with Crippen LogP contribution in [0.1, 0.15) is 16.2 Å². The Morgan fingerprint density at radius 2 is 1.97 bits per heavy atom. The van der Waals surface area contributed by atoms with Gasteiger partial charge in [0, 0.05) is 12.1 Å². The van der Waals surface area contributed by atoms with Crippen LogP contribution < -0.4 is 20.5 Å². The number of hydrogen-bond acceptors (Lipinski definition) is 10. The lowest BCUT2D eigenvalue weighted by molar-refractivity contribution is -0.384. The number of nitrogens with zero attached hydrogens (tertiary/aromatic N) is 4. The van der Waals surface area contributed by atoms with Gasteiger partial charge in [0.15, 0.2) is 12.1 Å². The Morgan fingerprint density at radius 1 is 1.17 bits per heavy atom. The minimum Gasteiger partial charge on any atom is -0.495 e. The molecular weight excluding hydrogens is 380 g/mol. The van der Waals surface area contributed by atoms with Crippen molar-refractivity contribution in [2.24, 2.45) is 0 Å². The smallest absolute Gasteiger partial charge is 0.270 e. The summed E-state index contributed by atoms with van der Waals surface area (Å²) in [6, 6.07) is 10.9. The maximum Gasteiger partial charge on any atom is 0.270 e. The maximum atomic E-state index is 11.2. The van der Waals surface area contributed by atoms with Crippen LogP contribution in [-0.2, 0) is 6.61 Å². The van der Waals surface area contributed by atoms with Crippen molar-refractivity contribution < 1.29 is 19.2 Å². The highest BCUT2D eigenvalue weighted by Gasteiger charge is 2.13. The van der Waals surface area contributed by atoms with E-state index in [0.717, 1.165) is 6.07 Å². The van der Waals surface area contributed by atoms with E-state index in [1.54, 1.807) is 12.1 Å². The van der Waals surface area contributed by atoms with Gasteiger partial charge in [-0.3, -0.25) is 14.9 Å². The first-order valence-electron chi connectivity index (χ1n) is 8.27. The molecule has 0 aliphatic rings. The number of hydrogen-bond donors (Lipinski definition) is 2. The predicted octanol–water partition coefficient (Wildman–Crippen LogP) is 2.51. The van der Waals surface area contributed by atoms with E-state index >= 15 is 0 Å². The van der Waals surface area contributed by atoms with Gasteiger partial charge in [0.2, 0.25) is 11.9 Å². The van der Waals surface area contributed by atoms with Crippen LogP contribution in [0.15, 0.2) is 42.5 Å². The van der Waals surface area contributed by atoms with Crippen LogP contribution >= 0.6 is 0 Å². The zero-order valence-electron chi connectivity index (χ0n) is 15.2. The summed E-state index contributed by atoms with van der Waals surface area (Å²) < 4.78 is 10.8. The number of aromatic nitrogens is 3. The number of methoxy groups -OCH3 is 1. The molecular formula is C18H16N6O5. The molecule has 0 atom stereocenters. The third-order valence-corrected chi connectivity index (χ3v) is 3.74. The SMILES string of the molecule is COc1ccccc1Nc1nc(N)nc(COc2ccc([N+](=O)[O-])cc2C=O)n1. The number of nitro benzene ring substituents is 1. The molecule has 0 radical (unpaired) electrons. The van der Waals surface area contributed by atoms with Gasteiger partial charge in [-0.2, -0.15) is 15.0 Å². The lowest BCUT2D eigenvalue weighted by atomic mass is 10.2. The molecule has 3 rings (SSSR count). The zero-order chi connectivity index (χ0) is 20.8. The van der Waals surface area contributed by atoms with E-state index in [9.17, 15) is 14.9 Å². The Bertz CT molecular complexity index is 1060. The van der Waals surface area contributed by atoms with E-state index in [1.165, 1.54) is 19.2 Å². The van der Waals surface area contributed by atoms with E-state index in [0.29, 0.717) is 17.7 Å². The van der Waals surface area contributed by atoms with Gasteiger partial charge in [-0.05, 0) is 18.2 Å². The van der Waals surface area contributed by atoms with Crippen LogP contribution in [0.5, 0.6) is 11.5 Å². The van der Waals surface area contributed by atoms with Gasteiger partial charge in [0.05, 0.1) is 23.3 Å². The molecule has 2 aromatic carbocycles. The number of carbonyl (C=O) groups is 1. The van der Waals surface area contributed by atoms with Gasteiger partial charge in [-0.15, -0.1) is 0 Å². The topological polar surface area (TPSA) is 155 Å². The fraction of sp³-hybridized carbons (Fsp3) is 0.111. The van der Waals surface area contributed by atoms with E-state index in [4.69, 9.17) is 15.2 Å². The lowest BCUT2D eigenvalue weighted by Crippen LogP contribution is -2.10. The summed E-state index contributed by atoms with van der Waals surface area (Å²) in [5.74, 6) is 1.09. The number of non-ortho nitro benzene ring substituents is 1. The molecule has 11 heteroatoms. The molecule has 0 aliphatic carbocycles. The number of para-hydroxylation sites is 2. The third-order valence-electron chi connectivity index (χ3n) is 3.74. The molecule has 0 saturated heterocycles. The normalized spacial score (nSPS) is 10.2. The molecule has 1 heterocycles. The van der Waals surface area contributed by atoms with Crippen LogP contribution in [-0.4, -0.2) is 33.3 Å². The number of rotatable bonds is 8. The summed E-state index contributed by atoms with van der Waals surface area (Å²) >= 11 is 0. The third kappa shape index (κ3) is 4.71. The minimum atomic E-state index is -0.598. The average molecular weight is 396 g/mol. The highest BCUT2D eigenvalue weighted by Crippen LogP contribution is 2.26. The summed E-state index contributed by atoms with van der Waals surface area (Å²) in [5, 5.41) is 13.8. The van der Waals surface area contributed by atoms with Crippen LogP contribution in [0.4, 0.5) is 23.3 Å². The lowest BCUT2D eigenvalue weighted by Gasteiger charge is -2.11. The number of nitro groups is 1. The van der Waals surface area contributed by atoms with E-state index < -0.39 is 4.92 Å². The van der Waals surface area contributed by atoms with Crippen molar-refractivity contribution in [3.05, 3.63) is 64.0 Å². The number of nitrogen functional groups attached to an aromatic ring is 1. The second kappa shape index (κ2) is 8.61. The second-order valence-electron chi connectivity index (χ2n) is 5.64. The molecule has 29 heavy (non-hydrogen) atoms. The van der Waals surface area contributed by atoms with Gasteiger partial charge in [0.25, 0.3) is 5.69 Å². The van der Waals surface area contributed by atoms with E-state index in [2.05, 4.69) is 20.3 Å². The summed E-state index contributed by atoms with van der Waals surface area (Å²) in [6.45, 7) is -0.133. The van der Waals surface area contributed by atoms with Crippen LogP contribution in [0.3, 0.4) is 0 Å². The Balaban J connectivity index is 1.79. The average Bonchev–Trinajstić information content (AvgIpc) is 2.72. The zero-order valence-corrected chi connectivity index (χ0v) is 15.2. The summed E-state index contributed by atoms with van der Waals surface area (Å²) in [7, 11) is 1.54. The molecule has 0 fully saturated rings. The first-order valence-corrected chi connectivity index (χ1v) is 8.27. The summed E-state index contributed by atoms with van der Waals surface area (Å²) in [4.78, 5) is 33.7. The molecule has 3 aromatic rings. The van der Waals surface area contributed by atoms with Gasteiger partial charge >= 0.3 is 0 Å². The number of ether oxygens (including phenoxy) is 2. The molecule has 0 aliphatic heterocycles. The van der Waals surface area contributed by atoms with Crippen LogP contribution in [0.2, 0.25) is 0 Å². The highest BCUT2D eigenvalue weighted by molar-refractivity contribution is 5.80. The van der Waals surface area contributed by atoms with Crippen molar-refractivity contribution in [2.45, 2.75) is 6.61 Å². The maximum absolute atomic E-state index is 11.2. The van der Waals surface area contributed by atoms with E-state index in [1.807, 2.05) is 12.1 Å². The summed E-state index contributed by atoms with van der Waals surface area (Å²) in [6.07, 6.45) is 0.471. The van der Waals surface area contributed by atoms with Crippen molar-refractivity contribution in [3.63, 3.8) is 0 Å². The Labute approximate surface area is 164 Å². The predicted molar refractivity (Wildman–Crippen MR) is 103 cm³/mol. The number of aldehydes is 1. The van der Waals surface area contributed by atoms with Crippen LogP contribution in [0, 0.1) is 10.1 Å². The highest BCUT2D eigenvalue weighted by atomic mass is 16.6. The number of anilines is 3. The first-order chi connectivity index (χ1) is 14.0. The standard InChI is InChI=1S/C18H16N6O5/c1-28-15-5-3-2-4-13(15)20-18-22-16(21-17(19)23-18)10-29-14-7-6-12(24(26)27)8-11(14)9-25/h2-9H,10H2,1H3,(H3,19,20,21,22,23). The molecule has 0 saturated carbocycles. The molecule has 11 nitrogen and oxygen atoms in total.